The molecule has 0 aliphatic carbocycles. The molecule has 1 atom stereocenters. The molecule has 1 unspecified atom stereocenters. The predicted molar refractivity (Wildman–Crippen MR) is 120 cm³/mol. The quantitative estimate of drug-likeness (QED) is 0.529. The van der Waals surface area contributed by atoms with Crippen molar-refractivity contribution in [2.75, 3.05) is 46.4 Å². The van der Waals surface area contributed by atoms with Crippen LogP contribution in [0.1, 0.15) is 43.2 Å². The van der Waals surface area contributed by atoms with Crippen LogP contribution in [0.2, 0.25) is 0 Å². The van der Waals surface area contributed by atoms with Crippen molar-refractivity contribution in [2.24, 2.45) is 4.99 Å². The van der Waals surface area contributed by atoms with Crippen molar-refractivity contribution in [2.45, 2.75) is 39.7 Å². The molecule has 7 nitrogen and oxygen atoms in total. The van der Waals surface area contributed by atoms with Gasteiger partial charge in [-0.1, -0.05) is 24.2 Å². The molecule has 7 heteroatoms. The molecule has 0 saturated carbocycles. The third-order valence-corrected chi connectivity index (χ3v) is 5.58. The topological polar surface area (TPSA) is 66.1 Å². The second-order valence-electron chi connectivity index (χ2n) is 7.89. The molecule has 1 fully saturated rings. The minimum atomic E-state index is 0.463. The van der Waals surface area contributed by atoms with Crippen LogP contribution in [0, 0.1) is 6.92 Å². The highest BCUT2D eigenvalue weighted by atomic mass is 16.5. The van der Waals surface area contributed by atoms with Gasteiger partial charge in [-0.25, -0.2) is 0 Å². The lowest BCUT2D eigenvalue weighted by atomic mass is 9.98. The highest BCUT2D eigenvalue weighted by Gasteiger charge is 2.20. The number of aliphatic imine (C=N–C) groups is 1. The van der Waals surface area contributed by atoms with Crippen molar-refractivity contribution in [3.8, 4) is 5.75 Å². The zero-order chi connectivity index (χ0) is 21.3. The van der Waals surface area contributed by atoms with Crippen LogP contribution in [0.5, 0.6) is 5.75 Å². The van der Waals surface area contributed by atoms with Crippen molar-refractivity contribution in [3.63, 3.8) is 0 Å². The third-order valence-electron chi connectivity index (χ3n) is 5.58. The summed E-state index contributed by atoms with van der Waals surface area (Å²) in [6.45, 7) is 12.8. The van der Waals surface area contributed by atoms with E-state index in [1.54, 1.807) is 7.11 Å². The largest absolute Gasteiger partial charge is 0.497 e. The van der Waals surface area contributed by atoms with Gasteiger partial charge in [-0.05, 0) is 43.9 Å². The number of ether oxygens (including phenoxy) is 1. The number of piperazine rings is 1. The summed E-state index contributed by atoms with van der Waals surface area (Å²) in [6, 6.07) is 10.4. The van der Waals surface area contributed by atoms with E-state index < -0.39 is 0 Å². The summed E-state index contributed by atoms with van der Waals surface area (Å²) in [7, 11) is 1.70. The van der Waals surface area contributed by atoms with Crippen LogP contribution in [0.4, 0.5) is 0 Å². The van der Waals surface area contributed by atoms with Gasteiger partial charge in [0.25, 0.3) is 0 Å². The Labute approximate surface area is 180 Å². The van der Waals surface area contributed by atoms with E-state index in [0.717, 1.165) is 75.4 Å². The van der Waals surface area contributed by atoms with Crippen LogP contribution >= 0.6 is 0 Å². The molecule has 2 heterocycles. The van der Waals surface area contributed by atoms with Gasteiger partial charge in [-0.2, -0.15) is 0 Å². The Morgan fingerprint density at radius 1 is 1.23 bits per heavy atom. The van der Waals surface area contributed by atoms with E-state index in [1.807, 2.05) is 25.1 Å². The molecule has 0 bridgehead atoms. The summed E-state index contributed by atoms with van der Waals surface area (Å²) >= 11 is 0. The van der Waals surface area contributed by atoms with Gasteiger partial charge in [0.05, 0.1) is 12.8 Å². The summed E-state index contributed by atoms with van der Waals surface area (Å²) in [5, 5.41) is 7.57. The molecule has 1 aliphatic rings. The summed E-state index contributed by atoms with van der Waals surface area (Å²) < 4.78 is 10.4. The Balaban J connectivity index is 1.49. The molecule has 30 heavy (non-hydrogen) atoms. The van der Waals surface area contributed by atoms with E-state index in [9.17, 15) is 0 Å². The predicted octanol–water partition coefficient (Wildman–Crippen LogP) is 3.27. The Morgan fingerprint density at radius 2 is 1.97 bits per heavy atom. The molecule has 164 valence electrons. The van der Waals surface area contributed by atoms with Crippen LogP contribution in [0.25, 0.3) is 0 Å². The molecular weight excluding hydrogens is 378 g/mol. The van der Waals surface area contributed by atoms with Crippen LogP contribution in [-0.4, -0.2) is 67.3 Å². The lowest BCUT2D eigenvalue weighted by molar-refractivity contribution is 0.169. The Hall–Kier alpha value is -2.54. The first-order chi connectivity index (χ1) is 14.6. The first-order valence-electron chi connectivity index (χ1n) is 10.9. The van der Waals surface area contributed by atoms with Crippen LogP contribution in [0.3, 0.4) is 0 Å². The van der Waals surface area contributed by atoms with Gasteiger partial charge in [0, 0.05) is 51.9 Å². The number of methoxy groups -OCH3 is 1. The fraction of sp³-hybridized carbons (Fsp3) is 0.565. The van der Waals surface area contributed by atoms with Gasteiger partial charge in [0.2, 0.25) is 0 Å². The molecule has 1 N–H and O–H groups in total. The fourth-order valence-corrected chi connectivity index (χ4v) is 3.73. The van der Waals surface area contributed by atoms with E-state index >= 15 is 0 Å². The lowest BCUT2D eigenvalue weighted by Gasteiger charge is -2.36. The Kier molecular flexibility index (Phi) is 8.13. The van der Waals surface area contributed by atoms with Gasteiger partial charge < -0.3 is 19.5 Å². The van der Waals surface area contributed by atoms with Crippen molar-refractivity contribution in [3.05, 3.63) is 47.3 Å². The normalized spacial score (nSPS) is 16.5. The Morgan fingerprint density at radius 3 is 2.57 bits per heavy atom. The lowest BCUT2D eigenvalue weighted by Crippen LogP contribution is -2.52. The van der Waals surface area contributed by atoms with Crippen molar-refractivity contribution in [1.29, 1.82) is 0 Å². The smallest absolute Gasteiger partial charge is 0.194 e. The highest BCUT2D eigenvalue weighted by Crippen LogP contribution is 2.21. The SMILES string of the molecule is CCNC(=NCCC(C)c1ccc(OC)cc1)N1CCN(Cc2cc(C)on2)CC1. The number of hydrogen-bond donors (Lipinski definition) is 1. The second-order valence-corrected chi connectivity index (χ2v) is 7.89. The number of guanidine groups is 1. The van der Waals surface area contributed by atoms with E-state index in [-0.39, 0.29) is 0 Å². The maximum Gasteiger partial charge on any atom is 0.194 e. The highest BCUT2D eigenvalue weighted by molar-refractivity contribution is 5.80. The minimum Gasteiger partial charge on any atom is -0.497 e. The summed E-state index contributed by atoms with van der Waals surface area (Å²) in [5.41, 5.74) is 2.33. The molecule has 2 aromatic rings. The van der Waals surface area contributed by atoms with Crippen LogP contribution in [-0.2, 0) is 6.54 Å². The number of hydrogen-bond acceptors (Lipinski definition) is 5. The monoisotopic (exact) mass is 413 g/mol. The number of aryl methyl sites for hydroxylation is 1. The first-order valence-corrected chi connectivity index (χ1v) is 10.9. The van der Waals surface area contributed by atoms with Crippen molar-refractivity contribution >= 4 is 5.96 Å². The average Bonchev–Trinajstić information content (AvgIpc) is 3.18. The molecule has 0 radical (unpaired) electrons. The summed E-state index contributed by atoms with van der Waals surface area (Å²) in [5.74, 6) is 3.26. The molecule has 1 aromatic carbocycles. The van der Waals surface area contributed by atoms with Crippen LogP contribution < -0.4 is 10.1 Å². The van der Waals surface area contributed by atoms with Crippen LogP contribution in [0.15, 0.2) is 39.8 Å². The van der Waals surface area contributed by atoms with E-state index in [4.69, 9.17) is 14.3 Å². The zero-order valence-corrected chi connectivity index (χ0v) is 18.7. The molecule has 1 aromatic heterocycles. The zero-order valence-electron chi connectivity index (χ0n) is 18.7. The number of rotatable bonds is 8. The van der Waals surface area contributed by atoms with E-state index in [0.29, 0.717) is 5.92 Å². The molecule has 1 saturated heterocycles. The summed E-state index contributed by atoms with van der Waals surface area (Å²) in [6.07, 6.45) is 1.02. The third kappa shape index (κ3) is 6.23. The van der Waals surface area contributed by atoms with Crippen molar-refractivity contribution in [1.82, 2.24) is 20.3 Å². The number of nitrogens with one attached hydrogen (secondary N) is 1. The molecule has 3 rings (SSSR count). The van der Waals surface area contributed by atoms with Crippen molar-refractivity contribution < 1.29 is 9.26 Å². The molecule has 0 amide bonds. The van der Waals surface area contributed by atoms with E-state index in [2.05, 4.69) is 46.3 Å². The molecular formula is C23H35N5O2. The standard InChI is InChI=1S/C23H35N5O2/c1-5-24-23(25-11-10-18(2)20-6-8-22(29-4)9-7-20)28-14-12-27(13-15-28)17-21-16-19(3)30-26-21/h6-9,16,18H,5,10-15,17H2,1-4H3,(H,24,25). The summed E-state index contributed by atoms with van der Waals surface area (Å²) in [4.78, 5) is 9.70. The second kappa shape index (κ2) is 11.0. The molecule has 1 aliphatic heterocycles. The molecule has 0 spiro atoms. The maximum absolute atomic E-state index is 5.25. The van der Waals surface area contributed by atoms with E-state index in [1.165, 1.54) is 5.56 Å². The maximum atomic E-state index is 5.25. The number of benzene rings is 1. The number of nitrogens with zero attached hydrogens (tertiary/aromatic N) is 4. The van der Waals surface area contributed by atoms with Gasteiger partial charge in [-0.15, -0.1) is 0 Å². The number of aromatic nitrogens is 1. The average molecular weight is 414 g/mol. The minimum absolute atomic E-state index is 0.463. The van der Waals surface area contributed by atoms with Gasteiger partial charge >= 0.3 is 0 Å². The fourth-order valence-electron chi connectivity index (χ4n) is 3.73. The first kappa shape index (κ1) is 22.2. The van der Waals surface area contributed by atoms with Gasteiger partial charge in [-0.3, -0.25) is 9.89 Å². The van der Waals surface area contributed by atoms with Gasteiger partial charge in [0.15, 0.2) is 5.96 Å². The van der Waals surface area contributed by atoms with Gasteiger partial charge in [0.1, 0.15) is 11.5 Å². The Bertz CT molecular complexity index is 794.